The van der Waals surface area contributed by atoms with E-state index in [2.05, 4.69) is 35.6 Å². The summed E-state index contributed by atoms with van der Waals surface area (Å²) in [6.45, 7) is 0. The van der Waals surface area contributed by atoms with Crippen molar-refractivity contribution in [3.63, 3.8) is 0 Å². The number of hydrogen-bond acceptors (Lipinski definition) is 2. The summed E-state index contributed by atoms with van der Waals surface area (Å²) < 4.78 is 0. The summed E-state index contributed by atoms with van der Waals surface area (Å²) >= 11 is 0. The number of nitrogens with one attached hydrogen (secondary N) is 1. The van der Waals surface area contributed by atoms with Crippen molar-refractivity contribution >= 4 is 34.4 Å². The quantitative estimate of drug-likeness (QED) is 0.537. The minimum absolute atomic E-state index is 0.0877. The summed E-state index contributed by atoms with van der Waals surface area (Å²) in [4.78, 5) is 23.2. The van der Waals surface area contributed by atoms with Crippen molar-refractivity contribution in [3.8, 4) is 0 Å². The summed E-state index contributed by atoms with van der Waals surface area (Å²) in [5.41, 5.74) is 1.52. The highest BCUT2D eigenvalue weighted by atomic mass is 16.4. The van der Waals surface area contributed by atoms with E-state index in [1.165, 1.54) is 16.8 Å². The third-order valence-corrected chi connectivity index (χ3v) is 4.28. The first kappa shape index (κ1) is 19.1. The number of hydrogen-bond donors (Lipinski definition) is 2. The number of benzene rings is 3. The van der Waals surface area contributed by atoms with Crippen molar-refractivity contribution in [2.45, 2.75) is 12.8 Å². The van der Waals surface area contributed by atoms with Crippen LogP contribution in [0.25, 0.3) is 16.8 Å². The molecule has 1 amide bonds. The summed E-state index contributed by atoms with van der Waals surface area (Å²) in [5, 5.41) is 14.2. The van der Waals surface area contributed by atoms with Crippen LogP contribution in [0.3, 0.4) is 0 Å². The van der Waals surface area contributed by atoms with Crippen LogP contribution >= 0.6 is 0 Å². The zero-order valence-electron chi connectivity index (χ0n) is 15.3. The first-order chi connectivity index (χ1) is 13.6. The summed E-state index contributed by atoms with van der Waals surface area (Å²) in [7, 11) is 0. The van der Waals surface area contributed by atoms with Gasteiger partial charge in [-0.05, 0) is 41.0 Å². The molecule has 3 aromatic rings. The van der Waals surface area contributed by atoms with Gasteiger partial charge in [-0.3, -0.25) is 4.79 Å². The molecular formula is C24H21NO3. The molecule has 0 aromatic heterocycles. The number of carboxylic acid groups (broad SMARTS) is 1. The number of carbonyl (C=O) groups excluding carboxylic acids is 1. The third kappa shape index (κ3) is 5.17. The van der Waals surface area contributed by atoms with Crippen LogP contribution in [0.15, 0.2) is 85.0 Å². The molecule has 0 aliphatic rings. The van der Waals surface area contributed by atoms with Crippen molar-refractivity contribution in [1.29, 1.82) is 0 Å². The molecule has 0 radical (unpaired) electrons. The number of allylic oxidation sites excluding steroid dienone is 3. The molecule has 0 atom stereocenters. The predicted molar refractivity (Wildman–Crippen MR) is 113 cm³/mol. The standard InChI is InChI=1S/C24H21NO3/c26-23(25-22-13-8-7-12-21(22)24(27)28)14-4-2-1-3-9-18-15-16-19-10-5-6-11-20(19)17-18/h1-3,5-13,15-17H,4,14H2,(H,25,26)(H,27,28). The number of rotatable bonds is 7. The van der Waals surface area contributed by atoms with Crippen LogP contribution in [0, 0.1) is 0 Å². The maximum atomic E-state index is 12.0. The van der Waals surface area contributed by atoms with Crippen molar-refractivity contribution < 1.29 is 14.7 Å². The summed E-state index contributed by atoms with van der Waals surface area (Å²) in [6.07, 6.45) is 8.65. The summed E-state index contributed by atoms with van der Waals surface area (Å²) in [6, 6.07) is 20.9. The third-order valence-electron chi connectivity index (χ3n) is 4.28. The minimum atomic E-state index is -1.06. The Bertz CT molecular complexity index is 1050. The van der Waals surface area contributed by atoms with E-state index in [9.17, 15) is 9.59 Å². The van der Waals surface area contributed by atoms with E-state index in [1.807, 2.05) is 36.4 Å². The second-order valence-electron chi connectivity index (χ2n) is 6.33. The van der Waals surface area contributed by atoms with E-state index >= 15 is 0 Å². The molecule has 0 bridgehead atoms. The van der Waals surface area contributed by atoms with Gasteiger partial charge in [0.1, 0.15) is 0 Å². The normalized spacial score (nSPS) is 11.3. The Morgan fingerprint density at radius 3 is 2.46 bits per heavy atom. The first-order valence-corrected chi connectivity index (χ1v) is 9.08. The molecule has 0 unspecified atom stereocenters. The molecule has 2 N–H and O–H groups in total. The second-order valence-corrected chi connectivity index (χ2v) is 6.33. The van der Waals surface area contributed by atoms with Gasteiger partial charge in [0.15, 0.2) is 0 Å². The molecular weight excluding hydrogens is 350 g/mol. The lowest BCUT2D eigenvalue weighted by molar-refractivity contribution is -0.116. The number of amides is 1. The molecule has 3 rings (SSSR count). The van der Waals surface area contributed by atoms with Crippen molar-refractivity contribution in [1.82, 2.24) is 0 Å². The van der Waals surface area contributed by atoms with Crippen LogP contribution in [-0.2, 0) is 4.79 Å². The van der Waals surface area contributed by atoms with Gasteiger partial charge in [-0.1, -0.05) is 72.8 Å². The Morgan fingerprint density at radius 1 is 0.893 bits per heavy atom. The smallest absolute Gasteiger partial charge is 0.337 e. The predicted octanol–water partition coefficient (Wildman–Crippen LogP) is 5.53. The number of aromatic carboxylic acids is 1. The Labute approximate surface area is 163 Å². The molecule has 0 spiro atoms. The monoisotopic (exact) mass is 371 g/mol. The largest absolute Gasteiger partial charge is 0.478 e. The van der Waals surface area contributed by atoms with Crippen molar-refractivity contribution in [2.24, 2.45) is 0 Å². The lowest BCUT2D eigenvalue weighted by Crippen LogP contribution is -2.13. The van der Waals surface area contributed by atoms with Gasteiger partial charge in [0.05, 0.1) is 11.3 Å². The number of fused-ring (bicyclic) bond motifs is 1. The van der Waals surface area contributed by atoms with Gasteiger partial charge < -0.3 is 10.4 Å². The average molecular weight is 371 g/mol. The molecule has 4 heteroatoms. The SMILES string of the molecule is O=C(CCC=CC=Cc1ccc2ccccc2c1)Nc1ccccc1C(=O)O. The molecule has 0 fully saturated rings. The van der Waals surface area contributed by atoms with E-state index < -0.39 is 5.97 Å². The lowest BCUT2D eigenvalue weighted by Gasteiger charge is -2.07. The van der Waals surface area contributed by atoms with E-state index in [0.29, 0.717) is 12.1 Å². The average Bonchev–Trinajstić information content (AvgIpc) is 2.70. The maximum absolute atomic E-state index is 12.0. The van der Waals surface area contributed by atoms with Crippen LogP contribution in [0.5, 0.6) is 0 Å². The molecule has 0 saturated heterocycles. The second kappa shape index (κ2) is 9.33. The van der Waals surface area contributed by atoms with E-state index in [4.69, 9.17) is 5.11 Å². The lowest BCUT2D eigenvalue weighted by atomic mass is 10.1. The van der Waals surface area contributed by atoms with Gasteiger partial charge in [0.25, 0.3) is 0 Å². The zero-order valence-corrected chi connectivity index (χ0v) is 15.3. The molecule has 4 nitrogen and oxygen atoms in total. The minimum Gasteiger partial charge on any atom is -0.478 e. The Kier molecular flexibility index (Phi) is 6.37. The highest BCUT2D eigenvalue weighted by Gasteiger charge is 2.10. The van der Waals surface area contributed by atoms with Crippen molar-refractivity contribution in [3.05, 3.63) is 96.1 Å². The van der Waals surface area contributed by atoms with Crippen molar-refractivity contribution in [2.75, 3.05) is 5.32 Å². The van der Waals surface area contributed by atoms with Crippen LogP contribution in [0.1, 0.15) is 28.8 Å². The zero-order chi connectivity index (χ0) is 19.8. The molecule has 0 heterocycles. The fourth-order valence-corrected chi connectivity index (χ4v) is 2.86. The van der Waals surface area contributed by atoms with Gasteiger partial charge in [0, 0.05) is 6.42 Å². The molecule has 0 saturated carbocycles. The maximum Gasteiger partial charge on any atom is 0.337 e. The summed E-state index contributed by atoms with van der Waals surface area (Å²) in [5.74, 6) is -1.27. The fraction of sp³-hybridized carbons (Fsp3) is 0.0833. The topological polar surface area (TPSA) is 66.4 Å². The molecule has 0 aliphatic heterocycles. The number of carbonyl (C=O) groups is 2. The Balaban J connectivity index is 1.49. The van der Waals surface area contributed by atoms with Gasteiger partial charge in [-0.2, -0.15) is 0 Å². The first-order valence-electron chi connectivity index (χ1n) is 9.08. The molecule has 140 valence electrons. The van der Waals surface area contributed by atoms with E-state index in [0.717, 1.165) is 5.56 Å². The van der Waals surface area contributed by atoms with Crippen LogP contribution in [-0.4, -0.2) is 17.0 Å². The van der Waals surface area contributed by atoms with Crippen LogP contribution in [0.4, 0.5) is 5.69 Å². The Hall–Kier alpha value is -3.66. The van der Waals surface area contributed by atoms with Gasteiger partial charge in [-0.25, -0.2) is 4.79 Å². The van der Waals surface area contributed by atoms with E-state index in [1.54, 1.807) is 18.2 Å². The number of carboxylic acids is 1. The fourth-order valence-electron chi connectivity index (χ4n) is 2.86. The van der Waals surface area contributed by atoms with Gasteiger partial charge in [-0.15, -0.1) is 0 Å². The molecule has 28 heavy (non-hydrogen) atoms. The highest BCUT2D eigenvalue weighted by Crippen LogP contribution is 2.17. The van der Waals surface area contributed by atoms with E-state index in [-0.39, 0.29) is 17.9 Å². The van der Waals surface area contributed by atoms with Gasteiger partial charge >= 0.3 is 5.97 Å². The molecule has 3 aromatic carbocycles. The number of anilines is 1. The van der Waals surface area contributed by atoms with Crippen LogP contribution < -0.4 is 5.32 Å². The Morgan fingerprint density at radius 2 is 1.64 bits per heavy atom. The number of para-hydroxylation sites is 1. The highest BCUT2D eigenvalue weighted by molar-refractivity contribution is 6.00. The van der Waals surface area contributed by atoms with Crippen LogP contribution in [0.2, 0.25) is 0 Å². The van der Waals surface area contributed by atoms with Gasteiger partial charge in [0.2, 0.25) is 5.91 Å². The molecule has 0 aliphatic carbocycles.